The maximum atomic E-state index is 12.1. The van der Waals surface area contributed by atoms with Gasteiger partial charge in [0.05, 0.1) is 0 Å². The van der Waals surface area contributed by atoms with Gasteiger partial charge >= 0.3 is 0 Å². The van der Waals surface area contributed by atoms with Gasteiger partial charge in [-0.15, -0.1) is 0 Å². The molecule has 3 nitrogen and oxygen atoms in total. The summed E-state index contributed by atoms with van der Waals surface area (Å²) in [6, 6.07) is 8.11. The SMILES string of the molecule is CC(C)(C)C1CC(=O)N(Cc2ccccc2CN)C1. The Morgan fingerprint density at radius 3 is 2.42 bits per heavy atom. The number of rotatable bonds is 3. The highest BCUT2D eigenvalue weighted by Crippen LogP contribution is 2.34. The third-order valence-corrected chi connectivity index (χ3v) is 4.14. The third kappa shape index (κ3) is 3.16. The summed E-state index contributed by atoms with van der Waals surface area (Å²) in [6.45, 7) is 8.72. The molecule has 1 saturated heterocycles. The predicted molar refractivity (Wildman–Crippen MR) is 77.3 cm³/mol. The Hall–Kier alpha value is -1.35. The number of amides is 1. The van der Waals surface area contributed by atoms with Crippen molar-refractivity contribution in [2.75, 3.05) is 6.54 Å². The molecule has 1 aromatic carbocycles. The monoisotopic (exact) mass is 260 g/mol. The normalized spacial score (nSPS) is 20.1. The fourth-order valence-corrected chi connectivity index (χ4v) is 2.62. The third-order valence-electron chi connectivity index (χ3n) is 4.14. The first-order valence-electron chi connectivity index (χ1n) is 6.96. The Kier molecular flexibility index (Phi) is 3.95. The molecule has 1 amide bonds. The molecule has 2 N–H and O–H groups in total. The highest BCUT2D eigenvalue weighted by atomic mass is 16.2. The van der Waals surface area contributed by atoms with Gasteiger partial charge in [0.1, 0.15) is 0 Å². The van der Waals surface area contributed by atoms with E-state index < -0.39 is 0 Å². The van der Waals surface area contributed by atoms with E-state index in [1.807, 2.05) is 23.1 Å². The molecule has 0 aliphatic carbocycles. The molecular formula is C16H24N2O. The number of likely N-dealkylation sites (tertiary alicyclic amines) is 1. The smallest absolute Gasteiger partial charge is 0.223 e. The minimum absolute atomic E-state index is 0.192. The Balaban J connectivity index is 2.10. The van der Waals surface area contributed by atoms with E-state index in [4.69, 9.17) is 5.73 Å². The lowest BCUT2D eigenvalue weighted by molar-refractivity contribution is -0.128. The first-order valence-corrected chi connectivity index (χ1v) is 6.96. The molecule has 0 bridgehead atoms. The molecule has 104 valence electrons. The minimum atomic E-state index is 0.192. The van der Waals surface area contributed by atoms with Crippen molar-refractivity contribution in [1.29, 1.82) is 0 Å². The van der Waals surface area contributed by atoms with E-state index in [0.29, 0.717) is 25.4 Å². The summed E-state index contributed by atoms with van der Waals surface area (Å²) < 4.78 is 0. The minimum Gasteiger partial charge on any atom is -0.338 e. The van der Waals surface area contributed by atoms with Crippen LogP contribution in [0.25, 0.3) is 0 Å². The van der Waals surface area contributed by atoms with Crippen LogP contribution in [0.15, 0.2) is 24.3 Å². The number of hydrogen-bond acceptors (Lipinski definition) is 2. The van der Waals surface area contributed by atoms with Crippen molar-refractivity contribution < 1.29 is 4.79 Å². The van der Waals surface area contributed by atoms with Crippen LogP contribution in [0.5, 0.6) is 0 Å². The van der Waals surface area contributed by atoms with Crippen LogP contribution in [0.2, 0.25) is 0 Å². The van der Waals surface area contributed by atoms with Crippen molar-refractivity contribution in [3.8, 4) is 0 Å². The van der Waals surface area contributed by atoms with Gasteiger partial charge in [-0.2, -0.15) is 0 Å². The lowest BCUT2D eigenvalue weighted by Gasteiger charge is -2.26. The Labute approximate surface area is 115 Å². The lowest BCUT2D eigenvalue weighted by atomic mass is 9.80. The summed E-state index contributed by atoms with van der Waals surface area (Å²) in [5.74, 6) is 0.719. The topological polar surface area (TPSA) is 46.3 Å². The number of hydrogen-bond donors (Lipinski definition) is 1. The fourth-order valence-electron chi connectivity index (χ4n) is 2.62. The summed E-state index contributed by atoms with van der Waals surface area (Å²) in [4.78, 5) is 14.1. The van der Waals surface area contributed by atoms with E-state index >= 15 is 0 Å². The van der Waals surface area contributed by atoms with Gasteiger partial charge in [-0.05, 0) is 22.5 Å². The quantitative estimate of drug-likeness (QED) is 0.907. The first kappa shape index (κ1) is 14.1. The van der Waals surface area contributed by atoms with E-state index in [1.54, 1.807) is 0 Å². The second kappa shape index (κ2) is 5.33. The number of carbonyl (C=O) groups excluding carboxylic acids is 1. The number of nitrogens with two attached hydrogens (primary N) is 1. The van der Waals surface area contributed by atoms with Crippen molar-refractivity contribution in [3.05, 3.63) is 35.4 Å². The molecule has 1 fully saturated rings. The molecule has 19 heavy (non-hydrogen) atoms. The van der Waals surface area contributed by atoms with Gasteiger partial charge in [0.2, 0.25) is 5.91 Å². The van der Waals surface area contributed by atoms with Gasteiger partial charge in [-0.25, -0.2) is 0 Å². The van der Waals surface area contributed by atoms with Crippen LogP contribution in [0.3, 0.4) is 0 Å². The van der Waals surface area contributed by atoms with Gasteiger partial charge < -0.3 is 10.6 Å². The molecule has 1 unspecified atom stereocenters. The van der Waals surface area contributed by atoms with Gasteiger partial charge in [-0.1, -0.05) is 45.0 Å². The zero-order valence-electron chi connectivity index (χ0n) is 12.1. The van der Waals surface area contributed by atoms with Crippen LogP contribution >= 0.6 is 0 Å². The molecule has 1 aromatic rings. The van der Waals surface area contributed by atoms with E-state index in [1.165, 1.54) is 5.56 Å². The second-order valence-electron chi connectivity index (χ2n) is 6.51. The van der Waals surface area contributed by atoms with Crippen LogP contribution in [-0.2, 0) is 17.9 Å². The maximum Gasteiger partial charge on any atom is 0.223 e. The molecule has 0 aromatic heterocycles. The van der Waals surface area contributed by atoms with E-state index in [-0.39, 0.29) is 11.3 Å². The van der Waals surface area contributed by atoms with Crippen LogP contribution in [0.4, 0.5) is 0 Å². The van der Waals surface area contributed by atoms with E-state index in [9.17, 15) is 4.79 Å². The summed E-state index contributed by atoms with van der Waals surface area (Å²) in [7, 11) is 0. The van der Waals surface area contributed by atoms with Gasteiger partial charge in [0.15, 0.2) is 0 Å². The number of benzene rings is 1. The molecule has 2 rings (SSSR count). The van der Waals surface area contributed by atoms with Gasteiger partial charge in [0.25, 0.3) is 0 Å². The molecule has 1 atom stereocenters. The molecule has 0 spiro atoms. The average molecular weight is 260 g/mol. The van der Waals surface area contributed by atoms with Crippen molar-refractivity contribution in [2.24, 2.45) is 17.1 Å². The van der Waals surface area contributed by atoms with Gasteiger partial charge in [-0.3, -0.25) is 4.79 Å². The maximum absolute atomic E-state index is 12.1. The zero-order valence-corrected chi connectivity index (χ0v) is 12.1. The number of carbonyl (C=O) groups is 1. The molecule has 0 saturated carbocycles. The molecule has 0 radical (unpaired) electrons. The number of nitrogens with zero attached hydrogens (tertiary/aromatic N) is 1. The van der Waals surface area contributed by atoms with Crippen molar-refractivity contribution in [2.45, 2.75) is 40.3 Å². The molecular weight excluding hydrogens is 236 g/mol. The second-order valence-corrected chi connectivity index (χ2v) is 6.51. The zero-order chi connectivity index (χ0) is 14.0. The van der Waals surface area contributed by atoms with E-state index in [2.05, 4.69) is 26.8 Å². The van der Waals surface area contributed by atoms with Gasteiger partial charge in [0, 0.05) is 26.1 Å². The summed E-state index contributed by atoms with van der Waals surface area (Å²) in [5.41, 5.74) is 8.25. The fraction of sp³-hybridized carbons (Fsp3) is 0.562. The van der Waals surface area contributed by atoms with Crippen molar-refractivity contribution in [1.82, 2.24) is 4.90 Å². The summed E-state index contributed by atoms with van der Waals surface area (Å²) in [5, 5.41) is 0. The van der Waals surface area contributed by atoms with Crippen LogP contribution in [-0.4, -0.2) is 17.4 Å². The standard InChI is InChI=1S/C16H24N2O/c1-16(2,3)14-8-15(19)18(11-14)10-13-7-5-4-6-12(13)9-17/h4-7,14H,8-11,17H2,1-3H3. The van der Waals surface area contributed by atoms with Crippen LogP contribution in [0.1, 0.15) is 38.3 Å². The lowest BCUT2D eigenvalue weighted by Crippen LogP contribution is -2.27. The predicted octanol–water partition coefficient (Wildman–Crippen LogP) is 2.54. The molecule has 1 heterocycles. The highest BCUT2D eigenvalue weighted by Gasteiger charge is 2.36. The van der Waals surface area contributed by atoms with Crippen LogP contribution < -0.4 is 5.73 Å². The first-order chi connectivity index (χ1) is 8.91. The van der Waals surface area contributed by atoms with E-state index in [0.717, 1.165) is 12.1 Å². The Bertz CT molecular complexity index is 462. The molecule has 1 aliphatic rings. The average Bonchev–Trinajstić information content (AvgIpc) is 2.72. The van der Waals surface area contributed by atoms with Crippen molar-refractivity contribution in [3.63, 3.8) is 0 Å². The Morgan fingerprint density at radius 2 is 1.89 bits per heavy atom. The largest absolute Gasteiger partial charge is 0.338 e. The van der Waals surface area contributed by atoms with Crippen LogP contribution in [0, 0.1) is 11.3 Å². The molecule has 1 aliphatic heterocycles. The summed E-state index contributed by atoms with van der Waals surface area (Å²) >= 11 is 0. The Morgan fingerprint density at radius 1 is 1.26 bits per heavy atom. The highest BCUT2D eigenvalue weighted by molar-refractivity contribution is 5.78. The summed E-state index contributed by atoms with van der Waals surface area (Å²) in [6.07, 6.45) is 0.675. The van der Waals surface area contributed by atoms with Crippen molar-refractivity contribution >= 4 is 5.91 Å². The molecule has 3 heteroatoms.